The van der Waals surface area contributed by atoms with Crippen molar-refractivity contribution in [1.29, 1.82) is 5.26 Å². The van der Waals surface area contributed by atoms with Crippen LogP contribution in [-0.4, -0.2) is 11.2 Å². The van der Waals surface area contributed by atoms with Crippen molar-refractivity contribution in [2.24, 2.45) is 5.10 Å². The minimum absolute atomic E-state index is 0.670. The van der Waals surface area contributed by atoms with Gasteiger partial charge in [-0.05, 0) is 31.0 Å². The van der Waals surface area contributed by atoms with Gasteiger partial charge in [0.2, 0.25) is 5.13 Å². The average molecular weight is 256 g/mol. The molecule has 0 bridgehead atoms. The minimum atomic E-state index is 0.670. The zero-order chi connectivity index (χ0) is 13.0. The van der Waals surface area contributed by atoms with E-state index in [0.29, 0.717) is 5.56 Å². The molecule has 1 N–H and O–H groups in total. The molecule has 0 atom stereocenters. The number of aryl methyl sites for hydroxylation is 1. The fourth-order valence-corrected chi connectivity index (χ4v) is 2.11. The SMILES string of the molecule is Cc1csc(NN=Cc2cccc(C#N)c2C)n1. The maximum absolute atomic E-state index is 8.93. The molecule has 0 saturated heterocycles. The fourth-order valence-electron chi connectivity index (χ4n) is 1.48. The van der Waals surface area contributed by atoms with E-state index >= 15 is 0 Å². The molecule has 5 heteroatoms. The van der Waals surface area contributed by atoms with Crippen LogP contribution in [-0.2, 0) is 0 Å². The van der Waals surface area contributed by atoms with Gasteiger partial charge < -0.3 is 0 Å². The fraction of sp³-hybridized carbons (Fsp3) is 0.154. The summed E-state index contributed by atoms with van der Waals surface area (Å²) in [6.07, 6.45) is 1.70. The van der Waals surface area contributed by atoms with Crippen molar-refractivity contribution in [2.75, 3.05) is 5.43 Å². The molecule has 1 heterocycles. The molecule has 0 unspecified atom stereocenters. The summed E-state index contributed by atoms with van der Waals surface area (Å²) in [5.41, 5.74) is 6.37. The minimum Gasteiger partial charge on any atom is -0.253 e. The molecule has 2 rings (SSSR count). The van der Waals surface area contributed by atoms with Gasteiger partial charge in [-0.25, -0.2) is 4.98 Å². The van der Waals surface area contributed by atoms with E-state index in [4.69, 9.17) is 5.26 Å². The largest absolute Gasteiger partial charge is 0.253 e. The highest BCUT2D eigenvalue weighted by Crippen LogP contribution is 2.14. The summed E-state index contributed by atoms with van der Waals surface area (Å²) in [4.78, 5) is 4.24. The predicted molar refractivity (Wildman–Crippen MR) is 74.0 cm³/mol. The van der Waals surface area contributed by atoms with E-state index in [1.807, 2.05) is 31.4 Å². The number of hydrazone groups is 1. The van der Waals surface area contributed by atoms with Crippen LogP contribution in [0.2, 0.25) is 0 Å². The van der Waals surface area contributed by atoms with E-state index < -0.39 is 0 Å². The normalized spacial score (nSPS) is 10.5. The van der Waals surface area contributed by atoms with E-state index in [-0.39, 0.29) is 0 Å². The van der Waals surface area contributed by atoms with Gasteiger partial charge in [0.05, 0.1) is 23.5 Å². The highest BCUT2D eigenvalue weighted by molar-refractivity contribution is 7.13. The maximum Gasteiger partial charge on any atom is 0.203 e. The Morgan fingerprint density at radius 2 is 2.28 bits per heavy atom. The average Bonchev–Trinajstić information content (AvgIpc) is 2.77. The molecule has 0 aliphatic carbocycles. The number of hydrogen-bond donors (Lipinski definition) is 1. The van der Waals surface area contributed by atoms with Gasteiger partial charge in [-0.2, -0.15) is 10.4 Å². The molecule has 2 aromatic rings. The quantitative estimate of drug-likeness (QED) is 0.678. The van der Waals surface area contributed by atoms with Crippen LogP contribution in [0.1, 0.15) is 22.4 Å². The lowest BCUT2D eigenvalue weighted by Gasteiger charge is -2.01. The standard InChI is InChI=1S/C13H12N4S/c1-9-8-18-13(16-9)17-15-7-12-5-3-4-11(6-14)10(12)2/h3-5,7-8H,1-2H3,(H,16,17). The molecule has 0 amide bonds. The van der Waals surface area contributed by atoms with E-state index in [1.54, 1.807) is 12.3 Å². The van der Waals surface area contributed by atoms with Crippen LogP contribution < -0.4 is 5.43 Å². The number of anilines is 1. The molecule has 0 radical (unpaired) electrons. The summed E-state index contributed by atoms with van der Waals surface area (Å²) in [5.74, 6) is 0. The van der Waals surface area contributed by atoms with Crippen molar-refractivity contribution >= 4 is 22.7 Å². The van der Waals surface area contributed by atoms with Crippen molar-refractivity contribution in [2.45, 2.75) is 13.8 Å². The monoisotopic (exact) mass is 256 g/mol. The van der Waals surface area contributed by atoms with E-state index in [9.17, 15) is 0 Å². The van der Waals surface area contributed by atoms with Gasteiger partial charge in [0.15, 0.2) is 0 Å². The van der Waals surface area contributed by atoms with E-state index in [2.05, 4.69) is 21.6 Å². The lowest BCUT2D eigenvalue weighted by Crippen LogP contribution is -1.94. The molecule has 1 aromatic carbocycles. The van der Waals surface area contributed by atoms with Gasteiger partial charge in [-0.1, -0.05) is 12.1 Å². The second-order valence-corrected chi connectivity index (χ2v) is 4.65. The maximum atomic E-state index is 8.93. The summed E-state index contributed by atoms with van der Waals surface area (Å²) < 4.78 is 0. The second kappa shape index (κ2) is 5.43. The Balaban J connectivity index is 2.12. The topological polar surface area (TPSA) is 61.1 Å². The summed E-state index contributed by atoms with van der Waals surface area (Å²) in [6.45, 7) is 3.85. The number of rotatable bonds is 3. The lowest BCUT2D eigenvalue weighted by molar-refractivity contribution is 1.22. The third kappa shape index (κ3) is 2.73. The number of nitrogens with one attached hydrogen (secondary N) is 1. The Morgan fingerprint density at radius 3 is 2.94 bits per heavy atom. The number of nitriles is 1. The van der Waals surface area contributed by atoms with Crippen molar-refractivity contribution in [3.05, 3.63) is 46.0 Å². The molecule has 0 spiro atoms. The first-order valence-electron chi connectivity index (χ1n) is 5.41. The van der Waals surface area contributed by atoms with Gasteiger partial charge >= 0.3 is 0 Å². The zero-order valence-corrected chi connectivity index (χ0v) is 11.0. The van der Waals surface area contributed by atoms with Crippen molar-refractivity contribution in [3.63, 3.8) is 0 Å². The van der Waals surface area contributed by atoms with Crippen LogP contribution in [0, 0.1) is 25.2 Å². The Labute approximate surface area is 110 Å². The number of thiazole rings is 1. The van der Waals surface area contributed by atoms with Crippen LogP contribution in [0.3, 0.4) is 0 Å². The van der Waals surface area contributed by atoms with Crippen molar-refractivity contribution in [1.82, 2.24) is 4.98 Å². The third-order valence-corrected chi connectivity index (χ3v) is 3.34. The first kappa shape index (κ1) is 12.3. The molecule has 0 aliphatic heterocycles. The molecule has 18 heavy (non-hydrogen) atoms. The van der Waals surface area contributed by atoms with Gasteiger partial charge in [-0.15, -0.1) is 11.3 Å². The van der Waals surface area contributed by atoms with Crippen LogP contribution in [0.25, 0.3) is 0 Å². The number of aromatic nitrogens is 1. The summed E-state index contributed by atoms with van der Waals surface area (Å²) in [5, 5.41) is 15.8. The van der Waals surface area contributed by atoms with Crippen molar-refractivity contribution < 1.29 is 0 Å². The van der Waals surface area contributed by atoms with Crippen LogP contribution in [0.5, 0.6) is 0 Å². The molecular weight excluding hydrogens is 244 g/mol. The Kier molecular flexibility index (Phi) is 3.70. The van der Waals surface area contributed by atoms with E-state index in [1.165, 1.54) is 11.3 Å². The van der Waals surface area contributed by atoms with Gasteiger partial charge in [0.25, 0.3) is 0 Å². The lowest BCUT2D eigenvalue weighted by atomic mass is 10.0. The highest BCUT2D eigenvalue weighted by atomic mass is 32.1. The molecule has 90 valence electrons. The van der Waals surface area contributed by atoms with Crippen molar-refractivity contribution in [3.8, 4) is 6.07 Å². The molecule has 1 aromatic heterocycles. The molecule has 0 fully saturated rings. The molecule has 4 nitrogen and oxygen atoms in total. The predicted octanol–water partition coefficient (Wildman–Crippen LogP) is 3.08. The highest BCUT2D eigenvalue weighted by Gasteiger charge is 2.00. The van der Waals surface area contributed by atoms with Crippen LogP contribution >= 0.6 is 11.3 Å². The van der Waals surface area contributed by atoms with Gasteiger partial charge in [0.1, 0.15) is 0 Å². The third-order valence-electron chi connectivity index (χ3n) is 2.48. The number of nitrogens with zero attached hydrogens (tertiary/aromatic N) is 3. The molecular formula is C13H12N4S. The smallest absolute Gasteiger partial charge is 0.203 e. The Morgan fingerprint density at radius 1 is 1.44 bits per heavy atom. The Hall–Kier alpha value is -2.19. The van der Waals surface area contributed by atoms with Crippen LogP contribution in [0.15, 0.2) is 28.7 Å². The van der Waals surface area contributed by atoms with Gasteiger partial charge in [0, 0.05) is 5.38 Å². The summed E-state index contributed by atoms with van der Waals surface area (Å²) >= 11 is 1.51. The second-order valence-electron chi connectivity index (χ2n) is 3.80. The Bertz CT molecular complexity index is 622. The summed E-state index contributed by atoms with van der Waals surface area (Å²) in [6, 6.07) is 7.72. The first-order chi connectivity index (χ1) is 8.70. The first-order valence-corrected chi connectivity index (χ1v) is 6.29. The van der Waals surface area contributed by atoms with Gasteiger partial charge in [-0.3, -0.25) is 5.43 Å². The van der Waals surface area contributed by atoms with Crippen LogP contribution in [0.4, 0.5) is 5.13 Å². The zero-order valence-electron chi connectivity index (χ0n) is 10.1. The van der Waals surface area contributed by atoms with E-state index in [0.717, 1.165) is 22.0 Å². The number of benzene rings is 1. The summed E-state index contributed by atoms with van der Waals surface area (Å²) in [7, 11) is 0. The molecule has 0 aliphatic rings. The number of hydrogen-bond acceptors (Lipinski definition) is 5. The molecule has 0 saturated carbocycles.